The van der Waals surface area contributed by atoms with Gasteiger partial charge in [0.05, 0.1) is 11.9 Å². The van der Waals surface area contributed by atoms with Crippen LogP contribution in [0.1, 0.15) is 35.9 Å². The van der Waals surface area contributed by atoms with E-state index >= 15 is 0 Å². The average molecular weight is 241 g/mol. The number of nitrogens with one attached hydrogen (secondary N) is 2. The first kappa shape index (κ1) is 13.7. The van der Waals surface area contributed by atoms with Crippen molar-refractivity contribution >= 4 is 5.91 Å². The normalized spacial score (nSPS) is 14.4. The minimum Gasteiger partial charge on any atom is -0.396 e. The highest BCUT2D eigenvalue weighted by Gasteiger charge is 2.21. The van der Waals surface area contributed by atoms with Crippen molar-refractivity contribution in [2.75, 3.05) is 13.2 Å². The number of carbonyl (C=O) groups excluding carboxylic acids is 1. The number of hydrogen-bond acceptors (Lipinski definition) is 4. The molecule has 0 spiro atoms. The fraction of sp³-hybridized carbons (Fsp3) is 0.636. The fourth-order valence-electron chi connectivity index (χ4n) is 1.49. The number of nitrogens with zero attached hydrogens (tertiary/aromatic N) is 1. The summed E-state index contributed by atoms with van der Waals surface area (Å²) >= 11 is 0. The monoisotopic (exact) mass is 241 g/mol. The Labute approximate surface area is 100 Å². The van der Waals surface area contributed by atoms with Gasteiger partial charge in [-0.25, -0.2) is 4.98 Å². The Kier molecular flexibility index (Phi) is 4.65. The summed E-state index contributed by atoms with van der Waals surface area (Å²) in [5, 5.41) is 21.2. The predicted molar refractivity (Wildman–Crippen MR) is 62.6 cm³/mol. The highest BCUT2D eigenvalue weighted by molar-refractivity contribution is 5.93. The number of aromatic amines is 1. The highest BCUT2D eigenvalue weighted by atomic mass is 16.3. The molecule has 1 atom stereocenters. The molecule has 0 bridgehead atoms. The van der Waals surface area contributed by atoms with Crippen molar-refractivity contribution in [3.63, 3.8) is 0 Å². The number of rotatable bonds is 6. The van der Waals surface area contributed by atoms with E-state index in [9.17, 15) is 9.90 Å². The van der Waals surface area contributed by atoms with Crippen LogP contribution in [0.4, 0.5) is 0 Å². The van der Waals surface area contributed by atoms with E-state index in [2.05, 4.69) is 15.3 Å². The molecule has 0 aliphatic rings. The van der Waals surface area contributed by atoms with Gasteiger partial charge in [0.25, 0.3) is 5.91 Å². The lowest BCUT2D eigenvalue weighted by molar-refractivity contribution is 0.0414. The zero-order chi connectivity index (χ0) is 12.9. The van der Waals surface area contributed by atoms with E-state index in [-0.39, 0.29) is 19.1 Å². The fourth-order valence-corrected chi connectivity index (χ4v) is 1.49. The van der Waals surface area contributed by atoms with E-state index in [0.29, 0.717) is 24.2 Å². The van der Waals surface area contributed by atoms with Gasteiger partial charge in [-0.2, -0.15) is 0 Å². The van der Waals surface area contributed by atoms with Crippen LogP contribution in [0.15, 0.2) is 6.33 Å². The second kappa shape index (κ2) is 5.79. The summed E-state index contributed by atoms with van der Waals surface area (Å²) < 4.78 is 0. The van der Waals surface area contributed by atoms with E-state index in [1.807, 2.05) is 0 Å². The molecule has 1 amide bonds. The number of hydrogen-bond donors (Lipinski definition) is 4. The van der Waals surface area contributed by atoms with Crippen LogP contribution in [0, 0.1) is 6.92 Å². The van der Waals surface area contributed by atoms with Crippen LogP contribution in [0.25, 0.3) is 0 Å². The van der Waals surface area contributed by atoms with Crippen molar-refractivity contribution < 1.29 is 15.0 Å². The van der Waals surface area contributed by atoms with E-state index in [0.717, 1.165) is 0 Å². The zero-order valence-corrected chi connectivity index (χ0v) is 10.2. The third kappa shape index (κ3) is 4.16. The molecule has 1 heterocycles. The second-order valence-corrected chi connectivity index (χ2v) is 4.38. The molecule has 17 heavy (non-hydrogen) atoms. The van der Waals surface area contributed by atoms with E-state index < -0.39 is 5.60 Å². The topological polar surface area (TPSA) is 98.2 Å². The number of aliphatic hydroxyl groups excluding tert-OH is 1. The molecule has 0 fully saturated rings. The van der Waals surface area contributed by atoms with Gasteiger partial charge >= 0.3 is 0 Å². The molecular formula is C11H19N3O3. The van der Waals surface area contributed by atoms with Crippen molar-refractivity contribution in [1.29, 1.82) is 0 Å². The minimum absolute atomic E-state index is 0.0303. The largest absolute Gasteiger partial charge is 0.396 e. The predicted octanol–water partition coefficient (Wildman–Crippen LogP) is -0.0286. The molecule has 0 aromatic carbocycles. The van der Waals surface area contributed by atoms with Gasteiger partial charge in [0.1, 0.15) is 5.69 Å². The van der Waals surface area contributed by atoms with Crippen LogP contribution in [-0.4, -0.2) is 44.8 Å². The molecule has 1 aromatic heterocycles. The molecular weight excluding hydrogens is 222 g/mol. The lowest BCUT2D eigenvalue weighted by Crippen LogP contribution is -2.41. The number of amides is 1. The molecule has 4 N–H and O–H groups in total. The number of imidazole rings is 1. The standard InChI is InChI=1S/C11H19N3O3/c1-8-9(14-7-13-8)10(16)12-6-11(2,17)4-3-5-15/h7,15,17H,3-6H2,1-2H3,(H,12,16)(H,13,14)/t11-/m0/s1. The summed E-state index contributed by atoms with van der Waals surface area (Å²) in [4.78, 5) is 18.4. The van der Waals surface area contributed by atoms with Crippen LogP contribution in [-0.2, 0) is 0 Å². The summed E-state index contributed by atoms with van der Waals surface area (Å²) in [6, 6.07) is 0. The van der Waals surface area contributed by atoms with E-state index in [1.165, 1.54) is 6.33 Å². The first-order valence-electron chi connectivity index (χ1n) is 5.58. The second-order valence-electron chi connectivity index (χ2n) is 4.38. The Morgan fingerprint density at radius 2 is 2.35 bits per heavy atom. The van der Waals surface area contributed by atoms with Crippen LogP contribution in [0.2, 0.25) is 0 Å². The smallest absolute Gasteiger partial charge is 0.271 e. The Hall–Kier alpha value is -1.40. The molecule has 1 rings (SSSR count). The van der Waals surface area contributed by atoms with Gasteiger partial charge in [-0.3, -0.25) is 4.79 Å². The van der Waals surface area contributed by atoms with Gasteiger partial charge in [0.15, 0.2) is 0 Å². The minimum atomic E-state index is -1.01. The van der Waals surface area contributed by atoms with Crippen LogP contribution in [0.5, 0.6) is 0 Å². The van der Waals surface area contributed by atoms with E-state index in [1.54, 1.807) is 13.8 Å². The molecule has 6 heteroatoms. The summed E-state index contributed by atoms with van der Waals surface area (Å²) in [6.07, 6.45) is 2.39. The first-order chi connectivity index (χ1) is 7.96. The number of aliphatic hydroxyl groups is 2. The first-order valence-corrected chi connectivity index (χ1v) is 5.58. The number of aryl methyl sites for hydroxylation is 1. The SMILES string of the molecule is Cc1[nH]cnc1C(=O)NC[C@@](C)(O)CCCO. The van der Waals surface area contributed by atoms with E-state index in [4.69, 9.17) is 5.11 Å². The van der Waals surface area contributed by atoms with Crippen LogP contribution >= 0.6 is 0 Å². The Bertz CT molecular complexity index is 374. The average Bonchev–Trinajstić information content (AvgIpc) is 2.70. The lowest BCUT2D eigenvalue weighted by atomic mass is 10.0. The van der Waals surface area contributed by atoms with Gasteiger partial charge in [-0.15, -0.1) is 0 Å². The molecule has 0 aliphatic heterocycles. The summed E-state index contributed by atoms with van der Waals surface area (Å²) in [6.45, 7) is 3.55. The molecule has 0 unspecified atom stereocenters. The van der Waals surface area contributed by atoms with Gasteiger partial charge in [0.2, 0.25) is 0 Å². The van der Waals surface area contributed by atoms with Crippen molar-refractivity contribution in [3.8, 4) is 0 Å². The molecule has 0 saturated heterocycles. The Morgan fingerprint density at radius 1 is 1.65 bits per heavy atom. The van der Waals surface area contributed by atoms with Crippen molar-refractivity contribution in [3.05, 3.63) is 17.7 Å². The Morgan fingerprint density at radius 3 is 2.88 bits per heavy atom. The van der Waals surface area contributed by atoms with Crippen LogP contribution in [0.3, 0.4) is 0 Å². The number of aromatic nitrogens is 2. The van der Waals surface area contributed by atoms with Crippen molar-refractivity contribution in [1.82, 2.24) is 15.3 Å². The Balaban J connectivity index is 2.45. The van der Waals surface area contributed by atoms with Gasteiger partial charge in [-0.1, -0.05) is 0 Å². The summed E-state index contributed by atoms with van der Waals surface area (Å²) in [5.74, 6) is -0.312. The molecule has 6 nitrogen and oxygen atoms in total. The quantitative estimate of drug-likeness (QED) is 0.562. The highest BCUT2D eigenvalue weighted by Crippen LogP contribution is 2.10. The number of carbonyl (C=O) groups is 1. The molecule has 1 aromatic rings. The van der Waals surface area contributed by atoms with Crippen molar-refractivity contribution in [2.45, 2.75) is 32.3 Å². The molecule has 96 valence electrons. The van der Waals surface area contributed by atoms with Gasteiger partial charge < -0.3 is 20.5 Å². The molecule has 0 aliphatic carbocycles. The summed E-state index contributed by atoms with van der Waals surface area (Å²) in [5.41, 5.74) is 0.0169. The lowest BCUT2D eigenvalue weighted by Gasteiger charge is -2.23. The third-order valence-corrected chi connectivity index (χ3v) is 2.55. The maximum Gasteiger partial charge on any atom is 0.271 e. The summed E-state index contributed by atoms with van der Waals surface area (Å²) in [7, 11) is 0. The molecule has 0 saturated carbocycles. The number of H-pyrrole nitrogens is 1. The zero-order valence-electron chi connectivity index (χ0n) is 10.2. The molecule has 0 radical (unpaired) electrons. The third-order valence-electron chi connectivity index (χ3n) is 2.55. The van der Waals surface area contributed by atoms with Crippen LogP contribution < -0.4 is 5.32 Å². The van der Waals surface area contributed by atoms with Gasteiger partial charge in [-0.05, 0) is 26.7 Å². The van der Waals surface area contributed by atoms with Crippen molar-refractivity contribution in [2.24, 2.45) is 0 Å². The maximum atomic E-state index is 11.7. The maximum absolute atomic E-state index is 11.7. The van der Waals surface area contributed by atoms with Gasteiger partial charge in [0, 0.05) is 18.8 Å².